The summed E-state index contributed by atoms with van der Waals surface area (Å²) < 4.78 is 1.99. The van der Waals surface area contributed by atoms with E-state index in [1.165, 1.54) is 42.3 Å². The average Bonchev–Trinajstić information content (AvgIpc) is 2.90. The maximum Gasteiger partial charge on any atom is 0.227 e. The molecule has 0 spiro atoms. The van der Waals surface area contributed by atoms with Gasteiger partial charge in [-0.3, -0.25) is 4.79 Å². The SMILES string of the molecule is O=C(C[n+]1ccc(Cl)c2c1C1CCCC21)c1ccc(O)c(O)c1. The van der Waals surface area contributed by atoms with Gasteiger partial charge in [0.2, 0.25) is 12.3 Å². The number of aromatic hydroxyl groups is 2. The van der Waals surface area contributed by atoms with Crippen LogP contribution in [-0.4, -0.2) is 16.0 Å². The smallest absolute Gasteiger partial charge is 0.227 e. The number of aromatic nitrogens is 1. The fourth-order valence-corrected chi connectivity index (χ4v) is 4.29. The van der Waals surface area contributed by atoms with Crippen LogP contribution in [0.4, 0.5) is 0 Å². The number of hydrogen-bond acceptors (Lipinski definition) is 3. The molecular weight excluding hydrogens is 314 g/mol. The zero-order valence-corrected chi connectivity index (χ0v) is 13.3. The van der Waals surface area contributed by atoms with Crippen LogP contribution in [0.25, 0.3) is 0 Å². The topological polar surface area (TPSA) is 61.4 Å². The summed E-state index contributed by atoms with van der Waals surface area (Å²) in [5.74, 6) is 0.471. The van der Waals surface area contributed by atoms with Crippen LogP contribution < -0.4 is 4.57 Å². The number of rotatable bonds is 3. The molecule has 0 bridgehead atoms. The standard InChI is InChI=1S/C18H16ClNO3/c19-13-6-7-20(18-12-3-1-2-11(12)17(13)18)9-16(23)10-4-5-14(21)15(22)8-10/h4-8,11-12H,1-3,9H2,(H-,21,22,23)/p+1. The Morgan fingerprint density at radius 1 is 1.17 bits per heavy atom. The highest BCUT2D eigenvalue weighted by Crippen LogP contribution is 2.56. The molecule has 5 heteroatoms. The fourth-order valence-electron chi connectivity index (χ4n) is 4.00. The van der Waals surface area contributed by atoms with Crippen molar-refractivity contribution >= 4 is 17.4 Å². The quantitative estimate of drug-likeness (QED) is 0.516. The van der Waals surface area contributed by atoms with Crippen LogP contribution in [0.3, 0.4) is 0 Å². The zero-order valence-electron chi connectivity index (χ0n) is 12.5. The summed E-state index contributed by atoms with van der Waals surface area (Å²) >= 11 is 6.34. The first-order valence-corrected chi connectivity index (χ1v) is 8.21. The van der Waals surface area contributed by atoms with Crippen LogP contribution in [0.5, 0.6) is 11.5 Å². The van der Waals surface area contributed by atoms with Gasteiger partial charge in [-0.15, -0.1) is 0 Å². The molecule has 2 unspecified atom stereocenters. The van der Waals surface area contributed by atoms with Crippen molar-refractivity contribution < 1.29 is 19.6 Å². The number of hydrogen-bond donors (Lipinski definition) is 2. The third-order valence-corrected chi connectivity index (χ3v) is 5.42. The number of pyridine rings is 1. The number of carbonyl (C=O) groups excluding carboxylic acids is 1. The molecule has 4 rings (SSSR count). The van der Waals surface area contributed by atoms with Gasteiger partial charge >= 0.3 is 0 Å². The molecule has 1 fully saturated rings. The molecule has 0 amide bonds. The van der Waals surface area contributed by atoms with Gasteiger partial charge in [0.15, 0.2) is 23.4 Å². The van der Waals surface area contributed by atoms with Gasteiger partial charge in [0.05, 0.1) is 10.9 Å². The normalized spacial score (nSPS) is 21.4. The first kappa shape index (κ1) is 14.5. The molecule has 23 heavy (non-hydrogen) atoms. The molecule has 1 aromatic carbocycles. The van der Waals surface area contributed by atoms with Gasteiger partial charge in [0.25, 0.3) is 0 Å². The lowest BCUT2D eigenvalue weighted by Crippen LogP contribution is -2.48. The van der Waals surface area contributed by atoms with Crippen LogP contribution in [0, 0.1) is 0 Å². The lowest BCUT2D eigenvalue weighted by molar-refractivity contribution is -0.695. The lowest BCUT2D eigenvalue weighted by Gasteiger charge is -2.31. The van der Waals surface area contributed by atoms with E-state index in [1.54, 1.807) is 0 Å². The van der Waals surface area contributed by atoms with Gasteiger partial charge in [-0.1, -0.05) is 18.0 Å². The highest BCUT2D eigenvalue weighted by Gasteiger charge is 2.49. The number of phenolic OH excluding ortho intramolecular Hbond substituents is 2. The Bertz CT molecular complexity index is 818. The Morgan fingerprint density at radius 3 is 2.74 bits per heavy atom. The Morgan fingerprint density at radius 2 is 1.96 bits per heavy atom. The summed E-state index contributed by atoms with van der Waals surface area (Å²) in [6.45, 7) is 0.215. The number of Topliss-reactive ketones (excluding diaryl/α,β-unsaturated/α-hetero) is 1. The molecule has 118 valence electrons. The predicted octanol–water partition coefficient (Wildman–Crippen LogP) is 3.29. The second kappa shape index (κ2) is 5.24. The summed E-state index contributed by atoms with van der Waals surface area (Å²) in [4.78, 5) is 12.5. The minimum Gasteiger partial charge on any atom is -0.504 e. The summed E-state index contributed by atoms with van der Waals surface area (Å²) in [6, 6.07) is 6.02. The van der Waals surface area contributed by atoms with E-state index in [1.807, 2.05) is 16.8 Å². The molecule has 2 aliphatic carbocycles. The molecule has 1 heterocycles. The van der Waals surface area contributed by atoms with Gasteiger partial charge in [0, 0.05) is 23.1 Å². The van der Waals surface area contributed by atoms with Gasteiger partial charge < -0.3 is 10.2 Å². The van der Waals surface area contributed by atoms with Crippen LogP contribution >= 0.6 is 11.6 Å². The average molecular weight is 331 g/mol. The first-order valence-electron chi connectivity index (χ1n) is 7.83. The molecule has 2 aliphatic rings. The highest BCUT2D eigenvalue weighted by molar-refractivity contribution is 6.31. The second-order valence-corrected chi connectivity index (χ2v) is 6.77. The number of carbonyl (C=O) groups is 1. The molecule has 0 radical (unpaired) electrons. The molecule has 2 aromatic rings. The van der Waals surface area contributed by atoms with E-state index in [-0.39, 0.29) is 23.8 Å². The Kier molecular flexibility index (Phi) is 3.31. The van der Waals surface area contributed by atoms with Crippen molar-refractivity contribution in [1.82, 2.24) is 0 Å². The monoisotopic (exact) mass is 330 g/mol. The van der Waals surface area contributed by atoms with Crippen LogP contribution in [0.2, 0.25) is 5.02 Å². The maximum absolute atomic E-state index is 12.5. The summed E-state index contributed by atoms with van der Waals surface area (Å²) in [5.41, 5.74) is 2.79. The number of phenols is 2. The molecule has 0 saturated heterocycles. The summed E-state index contributed by atoms with van der Waals surface area (Å²) in [5, 5.41) is 19.7. The summed E-state index contributed by atoms with van der Waals surface area (Å²) in [6.07, 6.45) is 5.42. The number of fused-ring (bicyclic) bond motifs is 4. The molecule has 2 atom stereocenters. The minimum atomic E-state index is -0.277. The van der Waals surface area contributed by atoms with Crippen molar-refractivity contribution in [2.75, 3.05) is 0 Å². The second-order valence-electron chi connectivity index (χ2n) is 6.36. The van der Waals surface area contributed by atoms with E-state index in [0.717, 1.165) is 11.4 Å². The third-order valence-electron chi connectivity index (χ3n) is 5.09. The van der Waals surface area contributed by atoms with Crippen LogP contribution in [0.15, 0.2) is 30.5 Å². The van der Waals surface area contributed by atoms with E-state index in [2.05, 4.69) is 0 Å². The lowest BCUT2D eigenvalue weighted by atomic mass is 9.73. The van der Waals surface area contributed by atoms with E-state index in [0.29, 0.717) is 17.4 Å². The van der Waals surface area contributed by atoms with Gasteiger partial charge in [-0.2, -0.15) is 4.57 Å². The molecular formula is C18H17ClNO3+. The molecule has 0 aliphatic heterocycles. The molecule has 1 saturated carbocycles. The van der Waals surface area contributed by atoms with Crippen molar-refractivity contribution in [3.8, 4) is 11.5 Å². The predicted molar refractivity (Wildman–Crippen MR) is 85.1 cm³/mol. The van der Waals surface area contributed by atoms with Gasteiger partial charge in [0.1, 0.15) is 0 Å². The molecule has 1 aromatic heterocycles. The number of halogens is 1. The maximum atomic E-state index is 12.5. The molecule has 2 N–H and O–H groups in total. The van der Waals surface area contributed by atoms with Crippen LogP contribution in [0.1, 0.15) is 52.7 Å². The van der Waals surface area contributed by atoms with E-state index in [9.17, 15) is 15.0 Å². The van der Waals surface area contributed by atoms with Crippen LogP contribution in [-0.2, 0) is 6.54 Å². The molecule has 4 nitrogen and oxygen atoms in total. The number of nitrogens with zero attached hydrogens (tertiary/aromatic N) is 1. The Hall–Kier alpha value is -2.07. The fraction of sp³-hybridized carbons (Fsp3) is 0.333. The van der Waals surface area contributed by atoms with Gasteiger partial charge in [-0.25, -0.2) is 0 Å². The highest BCUT2D eigenvalue weighted by atomic mass is 35.5. The zero-order chi connectivity index (χ0) is 16.1. The van der Waals surface area contributed by atoms with E-state index >= 15 is 0 Å². The largest absolute Gasteiger partial charge is 0.504 e. The van der Waals surface area contributed by atoms with Crippen molar-refractivity contribution in [1.29, 1.82) is 0 Å². The van der Waals surface area contributed by atoms with Crippen molar-refractivity contribution in [2.45, 2.75) is 37.6 Å². The van der Waals surface area contributed by atoms with Crippen molar-refractivity contribution in [2.24, 2.45) is 0 Å². The van der Waals surface area contributed by atoms with E-state index < -0.39 is 0 Å². The van der Waals surface area contributed by atoms with E-state index in [4.69, 9.17) is 11.6 Å². The number of benzene rings is 1. The third kappa shape index (κ3) is 2.20. The summed E-state index contributed by atoms with van der Waals surface area (Å²) in [7, 11) is 0. The Labute approximate surface area is 139 Å². The van der Waals surface area contributed by atoms with Gasteiger partial charge in [-0.05, 0) is 31.0 Å². The number of ketones is 1. The van der Waals surface area contributed by atoms with Crippen molar-refractivity contribution in [3.63, 3.8) is 0 Å². The Balaban J connectivity index is 1.65. The first-order chi connectivity index (χ1) is 11.1. The minimum absolute atomic E-state index is 0.101. The van der Waals surface area contributed by atoms with Crippen molar-refractivity contribution in [3.05, 3.63) is 52.3 Å².